The summed E-state index contributed by atoms with van der Waals surface area (Å²) >= 11 is 3.37. The Balaban J connectivity index is 1.42. The molecule has 0 radical (unpaired) electrons. The van der Waals surface area contributed by atoms with Crippen LogP contribution in [0.4, 0.5) is 5.69 Å². The van der Waals surface area contributed by atoms with Crippen molar-refractivity contribution in [3.63, 3.8) is 0 Å². The molecule has 0 unspecified atom stereocenters. The highest BCUT2D eigenvalue weighted by Gasteiger charge is 2.09. The molecule has 1 aromatic heterocycles. The fraction of sp³-hybridized carbons (Fsp3) is 0.158. The maximum atomic E-state index is 12.0. The Labute approximate surface area is 169 Å². The second kappa shape index (κ2) is 9.14. The number of ether oxygens (including phenoxy) is 1. The number of anilines is 1. The Bertz CT molecular complexity index is 959. The number of aromatic nitrogens is 2. The molecule has 3 rings (SSSR count). The third kappa shape index (κ3) is 5.40. The predicted octanol–water partition coefficient (Wildman–Crippen LogP) is 2.94. The van der Waals surface area contributed by atoms with Gasteiger partial charge in [-0.05, 0) is 55.0 Å². The van der Waals surface area contributed by atoms with Gasteiger partial charge in [0.15, 0.2) is 6.61 Å². The van der Waals surface area contributed by atoms with Gasteiger partial charge in [-0.25, -0.2) is 0 Å². The second-order valence-corrected chi connectivity index (χ2v) is 6.76. The topological polar surface area (TPSA) is 106 Å². The van der Waals surface area contributed by atoms with E-state index in [-0.39, 0.29) is 19.1 Å². The van der Waals surface area contributed by atoms with Gasteiger partial charge in [-0.1, -0.05) is 15.9 Å². The van der Waals surface area contributed by atoms with E-state index in [1.54, 1.807) is 30.3 Å². The Hall–Kier alpha value is -3.20. The molecule has 0 bridgehead atoms. The first-order chi connectivity index (χ1) is 13.5. The van der Waals surface area contributed by atoms with E-state index >= 15 is 0 Å². The number of nitrogens with one attached hydrogen (secondary N) is 2. The van der Waals surface area contributed by atoms with E-state index in [1.165, 1.54) is 6.39 Å². The lowest BCUT2D eigenvalue weighted by atomic mass is 10.2. The molecule has 9 heteroatoms. The maximum absolute atomic E-state index is 12.0. The van der Waals surface area contributed by atoms with Gasteiger partial charge in [0, 0.05) is 15.7 Å². The molecule has 1 heterocycles. The number of halogens is 1. The smallest absolute Gasteiger partial charge is 0.258 e. The molecule has 0 spiro atoms. The summed E-state index contributed by atoms with van der Waals surface area (Å²) in [6.45, 7) is 1.54. The minimum atomic E-state index is -0.399. The SMILES string of the molecule is Cc1cc(Br)ccc1NC(=O)CNC(=O)COc1ccc(-c2nnco2)cc1. The highest BCUT2D eigenvalue weighted by molar-refractivity contribution is 9.10. The molecule has 144 valence electrons. The third-order valence-electron chi connectivity index (χ3n) is 3.74. The molecule has 3 aromatic rings. The number of amides is 2. The zero-order valence-corrected chi connectivity index (χ0v) is 16.5. The van der Waals surface area contributed by atoms with E-state index in [0.717, 1.165) is 15.6 Å². The monoisotopic (exact) mass is 444 g/mol. The van der Waals surface area contributed by atoms with Gasteiger partial charge in [0.05, 0.1) is 6.54 Å². The molecule has 0 saturated heterocycles. The number of aryl methyl sites for hydroxylation is 1. The summed E-state index contributed by atoms with van der Waals surface area (Å²) in [7, 11) is 0. The van der Waals surface area contributed by atoms with Crippen LogP contribution in [-0.4, -0.2) is 35.2 Å². The van der Waals surface area contributed by atoms with E-state index in [4.69, 9.17) is 9.15 Å². The van der Waals surface area contributed by atoms with Gasteiger partial charge in [0.1, 0.15) is 5.75 Å². The Kier molecular flexibility index (Phi) is 6.38. The number of nitrogens with zero attached hydrogens (tertiary/aromatic N) is 2. The van der Waals surface area contributed by atoms with Gasteiger partial charge in [-0.15, -0.1) is 10.2 Å². The van der Waals surface area contributed by atoms with E-state index in [9.17, 15) is 9.59 Å². The van der Waals surface area contributed by atoms with Crippen LogP contribution >= 0.6 is 15.9 Å². The van der Waals surface area contributed by atoms with E-state index < -0.39 is 5.91 Å². The maximum Gasteiger partial charge on any atom is 0.258 e. The van der Waals surface area contributed by atoms with Crippen LogP contribution in [0.15, 0.2) is 57.7 Å². The standard InChI is InChI=1S/C19H17BrN4O4/c1-12-8-14(20)4-7-16(12)23-17(25)9-21-18(26)10-27-15-5-2-13(3-6-15)19-24-22-11-28-19/h2-8,11H,9-10H2,1H3,(H,21,26)(H,23,25). The average Bonchev–Trinajstić information content (AvgIpc) is 3.22. The number of carbonyl (C=O) groups is 2. The van der Waals surface area contributed by atoms with Crippen molar-refractivity contribution in [1.29, 1.82) is 0 Å². The van der Waals surface area contributed by atoms with Crippen molar-refractivity contribution in [2.24, 2.45) is 0 Å². The number of rotatable bonds is 7. The van der Waals surface area contributed by atoms with Gasteiger partial charge in [-0.3, -0.25) is 9.59 Å². The molecule has 2 amide bonds. The summed E-state index contributed by atoms with van der Waals surface area (Å²) in [5.74, 6) is 0.191. The van der Waals surface area contributed by atoms with Crippen molar-refractivity contribution in [3.05, 3.63) is 58.9 Å². The Morgan fingerprint density at radius 3 is 2.61 bits per heavy atom. The highest BCUT2D eigenvalue weighted by Crippen LogP contribution is 2.20. The minimum Gasteiger partial charge on any atom is -0.484 e. The van der Waals surface area contributed by atoms with Crippen molar-refractivity contribution < 1.29 is 18.7 Å². The van der Waals surface area contributed by atoms with Crippen molar-refractivity contribution in [1.82, 2.24) is 15.5 Å². The number of hydrogen-bond acceptors (Lipinski definition) is 6. The fourth-order valence-corrected chi connectivity index (χ4v) is 2.81. The van der Waals surface area contributed by atoms with Gasteiger partial charge in [0.2, 0.25) is 18.2 Å². The summed E-state index contributed by atoms with van der Waals surface area (Å²) in [6, 6.07) is 12.4. The molecule has 0 fully saturated rings. The summed E-state index contributed by atoms with van der Waals surface area (Å²) in [4.78, 5) is 23.9. The van der Waals surface area contributed by atoms with Crippen LogP contribution in [0, 0.1) is 6.92 Å². The Morgan fingerprint density at radius 1 is 1.14 bits per heavy atom. The fourth-order valence-electron chi connectivity index (χ4n) is 2.33. The molecule has 2 N–H and O–H groups in total. The number of benzene rings is 2. The molecule has 0 atom stereocenters. The molecule has 28 heavy (non-hydrogen) atoms. The van der Waals surface area contributed by atoms with Crippen LogP contribution in [0.2, 0.25) is 0 Å². The minimum absolute atomic E-state index is 0.145. The van der Waals surface area contributed by atoms with Gasteiger partial charge in [0.25, 0.3) is 5.91 Å². The molecule has 0 aliphatic rings. The molecular weight excluding hydrogens is 428 g/mol. The first-order valence-corrected chi connectivity index (χ1v) is 9.12. The zero-order chi connectivity index (χ0) is 19.9. The number of carbonyl (C=O) groups excluding carboxylic acids is 2. The van der Waals surface area contributed by atoms with Crippen LogP contribution in [0.3, 0.4) is 0 Å². The zero-order valence-electron chi connectivity index (χ0n) is 14.9. The molecular formula is C19H17BrN4O4. The summed E-state index contributed by atoms with van der Waals surface area (Å²) in [5, 5.41) is 12.7. The lowest BCUT2D eigenvalue weighted by Crippen LogP contribution is -2.35. The summed E-state index contributed by atoms with van der Waals surface area (Å²) in [5.41, 5.74) is 2.36. The molecule has 0 aliphatic carbocycles. The van der Waals surface area contributed by atoms with Crippen LogP contribution in [0.5, 0.6) is 5.75 Å². The predicted molar refractivity (Wildman–Crippen MR) is 106 cm³/mol. The normalized spacial score (nSPS) is 10.4. The number of hydrogen-bond donors (Lipinski definition) is 2. The van der Waals surface area contributed by atoms with Gasteiger partial charge in [-0.2, -0.15) is 0 Å². The average molecular weight is 445 g/mol. The van der Waals surface area contributed by atoms with Crippen molar-refractivity contribution in [2.45, 2.75) is 6.92 Å². The van der Waals surface area contributed by atoms with Gasteiger partial charge < -0.3 is 19.8 Å². The second-order valence-electron chi connectivity index (χ2n) is 5.84. The van der Waals surface area contributed by atoms with Crippen LogP contribution in [-0.2, 0) is 9.59 Å². The highest BCUT2D eigenvalue weighted by atomic mass is 79.9. The third-order valence-corrected chi connectivity index (χ3v) is 4.23. The first-order valence-electron chi connectivity index (χ1n) is 8.33. The van der Waals surface area contributed by atoms with E-state index in [0.29, 0.717) is 17.3 Å². The van der Waals surface area contributed by atoms with Crippen molar-refractivity contribution in [3.8, 4) is 17.2 Å². The largest absolute Gasteiger partial charge is 0.484 e. The molecule has 2 aromatic carbocycles. The van der Waals surface area contributed by atoms with Crippen LogP contribution in [0.25, 0.3) is 11.5 Å². The summed E-state index contributed by atoms with van der Waals surface area (Å²) < 4.78 is 11.4. The van der Waals surface area contributed by atoms with Crippen LogP contribution < -0.4 is 15.4 Å². The van der Waals surface area contributed by atoms with Crippen molar-refractivity contribution in [2.75, 3.05) is 18.5 Å². The molecule has 8 nitrogen and oxygen atoms in total. The lowest BCUT2D eigenvalue weighted by Gasteiger charge is -2.10. The summed E-state index contributed by atoms with van der Waals surface area (Å²) in [6.07, 6.45) is 1.25. The molecule has 0 aliphatic heterocycles. The Morgan fingerprint density at radius 2 is 1.93 bits per heavy atom. The lowest BCUT2D eigenvalue weighted by molar-refractivity contribution is -0.125. The van der Waals surface area contributed by atoms with E-state index in [1.807, 2.05) is 19.1 Å². The van der Waals surface area contributed by atoms with Gasteiger partial charge >= 0.3 is 0 Å². The van der Waals surface area contributed by atoms with E-state index in [2.05, 4.69) is 36.8 Å². The first kappa shape index (κ1) is 19.6. The van der Waals surface area contributed by atoms with Crippen LogP contribution in [0.1, 0.15) is 5.56 Å². The quantitative estimate of drug-likeness (QED) is 0.579. The molecule has 0 saturated carbocycles. The van der Waals surface area contributed by atoms with Crippen molar-refractivity contribution >= 4 is 33.4 Å².